The van der Waals surface area contributed by atoms with Crippen LogP contribution in [0.5, 0.6) is 0 Å². The van der Waals surface area contributed by atoms with Gasteiger partial charge in [0, 0.05) is 50.0 Å². The van der Waals surface area contributed by atoms with Crippen molar-refractivity contribution in [1.82, 2.24) is 0 Å². The van der Waals surface area contributed by atoms with Crippen molar-refractivity contribution >= 4 is 99.5 Å². The number of anilines is 6. The molecule has 0 aliphatic heterocycles. The largest absolute Gasteiger partial charge is 0.456 e. The first-order valence-corrected chi connectivity index (χ1v) is 25.1. The molecule has 0 spiro atoms. The smallest absolute Gasteiger partial charge is 0.147 e. The van der Waals surface area contributed by atoms with Crippen LogP contribution in [0.1, 0.15) is 50.7 Å². The highest BCUT2D eigenvalue weighted by molar-refractivity contribution is 6.24. The van der Waals surface area contributed by atoms with Crippen LogP contribution in [0.4, 0.5) is 34.1 Å². The highest BCUT2D eigenvalue weighted by atomic mass is 16.3. The number of fused-ring (bicyclic) bond motifs is 9. The second kappa shape index (κ2) is 17.5. The summed E-state index contributed by atoms with van der Waals surface area (Å²) in [6.45, 7) is 9.08. The lowest BCUT2D eigenvalue weighted by Gasteiger charge is -2.30. The fourth-order valence-corrected chi connectivity index (χ4v) is 11.1. The molecule has 0 saturated carbocycles. The maximum absolute atomic E-state index is 7.00. The van der Waals surface area contributed by atoms with Gasteiger partial charge < -0.3 is 18.6 Å². The molecule has 72 heavy (non-hydrogen) atoms. The molecular weight excluding hydrogens is 877 g/mol. The lowest BCUT2D eigenvalue weighted by atomic mass is 9.97. The van der Waals surface area contributed by atoms with Crippen LogP contribution in [0.15, 0.2) is 239 Å². The first-order valence-electron chi connectivity index (χ1n) is 25.1. The molecular formula is C68H52N2O2. The molecule has 2 aromatic heterocycles. The van der Waals surface area contributed by atoms with Crippen LogP contribution >= 0.6 is 0 Å². The Labute approximate surface area is 419 Å². The van der Waals surface area contributed by atoms with Gasteiger partial charge in [-0.25, -0.2) is 0 Å². The van der Waals surface area contributed by atoms with Gasteiger partial charge in [0.2, 0.25) is 0 Å². The van der Waals surface area contributed by atoms with Crippen LogP contribution in [0.2, 0.25) is 0 Å². The van der Waals surface area contributed by atoms with Crippen molar-refractivity contribution in [1.29, 1.82) is 0 Å². The third-order valence-electron chi connectivity index (χ3n) is 14.5. The van der Waals surface area contributed by atoms with Crippen molar-refractivity contribution < 1.29 is 8.83 Å². The van der Waals surface area contributed by atoms with Crippen LogP contribution in [0, 0.1) is 0 Å². The van der Waals surface area contributed by atoms with Gasteiger partial charge in [-0.1, -0.05) is 173 Å². The van der Waals surface area contributed by atoms with Gasteiger partial charge in [0.25, 0.3) is 0 Å². The highest BCUT2D eigenvalue weighted by Crippen LogP contribution is 2.48. The minimum Gasteiger partial charge on any atom is -0.456 e. The summed E-state index contributed by atoms with van der Waals surface area (Å²) in [6.07, 6.45) is 0. The van der Waals surface area contributed by atoms with Crippen LogP contribution < -0.4 is 9.80 Å². The molecule has 0 aliphatic carbocycles. The Bertz CT molecular complexity index is 4180. The Morgan fingerprint density at radius 1 is 0.319 bits per heavy atom. The van der Waals surface area contributed by atoms with E-state index in [9.17, 15) is 0 Å². The summed E-state index contributed by atoms with van der Waals surface area (Å²) >= 11 is 0. The SMILES string of the molecule is CC(C)c1ccccc1N(c1ccc2cc3c(cc2c1)oc1c3ccc2oc3cc4cc(N(c5ccccc5-c5ccccc5)c5ccccc5C(C)C)ccc4cc3c21)c1ccccc1-c1ccccc1. The fraction of sp³-hybridized carbons (Fsp3) is 0.0882. The Hall–Kier alpha value is -8.86. The highest BCUT2D eigenvalue weighted by Gasteiger charge is 2.24. The summed E-state index contributed by atoms with van der Waals surface area (Å²) in [4.78, 5) is 4.86. The van der Waals surface area contributed by atoms with Crippen molar-refractivity contribution in [2.45, 2.75) is 39.5 Å². The van der Waals surface area contributed by atoms with Gasteiger partial charge in [0.15, 0.2) is 0 Å². The number of hydrogen-bond acceptors (Lipinski definition) is 4. The van der Waals surface area contributed by atoms with Crippen molar-refractivity contribution in [2.75, 3.05) is 9.80 Å². The summed E-state index contributed by atoms with van der Waals surface area (Å²) in [6, 6.07) is 83.3. The standard InChI is InChI=1S/C68H52N2O2/c1-43(2)53-23-11-15-27-60(53)69(62-29-17-13-25-55(62)45-19-7-5-8-20-45)51-33-31-47-39-58-57-35-36-64-67(68(57)72-65(58)41-49(47)37-51)59-40-48-32-34-52(38-50(48)42-66(59)71-64)70(61-28-16-12-24-54(61)44(3)4)63-30-18-14-26-56(63)46-21-9-6-10-22-46/h5-44H,1-4H3. The second-order valence-corrected chi connectivity index (χ2v) is 19.6. The zero-order valence-electron chi connectivity index (χ0n) is 40.8. The first kappa shape index (κ1) is 43.2. The van der Waals surface area contributed by atoms with E-state index < -0.39 is 0 Å². The van der Waals surface area contributed by atoms with Crippen molar-refractivity contribution in [3.63, 3.8) is 0 Å². The van der Waals surface area contributed by atoms with Gasteiger partial charge in [-0.15, -0.1) is 0 Å². The molecule has 346 valence electrons. The van der Waals surface area contributed by atoms with E-state index in [0.717, 1.165) is 88.2 Å². The number of hydrogen-bond donors (Lipinski definition) is 0. The molecule has 4 heteroatoms. The molecule has 0 fully saturated rings. The molecule has 0 bridgehead atoms. The maximum Gasteiger partial charge on any atom is 0.147 e. The molecule has 0 amide bonds. The number of benzene rings is 11. The molecule has 2 heterocycles. The predicted octanol–water partition coefficient (Wildman–Crippen LogP) is 20.3. The van der Waals surface area contributed by atoms with E-state index in [1.54, 1.807) is 0 Å². The third kappa shape index (κ3) is 7.29. The average Bonchev–Trinajstić information content (AvgIpc) is 3.97. The Kier molecular flexibility index (Phi) is 10.5. The number of nitrogens with zero attached hydrogens (tertiary/aromatic N) is 2. The number of rotatable bonds is 10. The predicted molar refractivity (Wildman–Crippen MR) is 304 cm³/mol. The number of furan rings is 2. The Morgan fingerprint density at radius 2 is 0.764 bits per heavy atom. The van der Waals surface area contributed by atoms with Crippen molar-refractivity contribution in [3.8, 4) is 22.3 Å². The summed E-state index contributed by atoms with van der Waals surface area (Å²) in [5.74, 6) is 0.650. The normalized spacial score (nSPS) is 11.9. The van der Waals surface area contributed by atoms with Gasteiger partial charge in [0.1, 0.15) is 22.3 Å². The molecule has 0 saturated heterocycles. The maximum atomic E-state index is 7.00. The molecule has 13 aromatic rings. The molecule has 0 N–H and O–H groups in total. The molecule has 0 radical (unpaired) electrons. The molecule has 0 unspecified atom stereocenters. The van der Waals surface area contributed by atoms with Crippen LogP contribution in [-0.2, 0) is 0 Å². The van der Waals surface area contributed by atoms with Gasteiger partial charge in [0.05, 0.1) is 16.8 Å². The summed E-state index contributed by atoms with van der Waals surface area (Å²) in [5.41, 5.74) is 17.3. The summed E-state index contributed by atoms with van der Waals surface area (Å²) in [5, 5.41) is 8.67. The monoisotopic (exact) mass is 928 g/mol. The molecule has 0 atom stereocenters. The Morgan fingerprint density at radius 3 is 1.28 bits per heavy atom. The van der Waals surface area contributed by atoms with Crippen LogP contribution in [0.3, 0.4) is 0 Å². The van der Waals surface area contributed by atoms with E-state index in [1.807, 2.05) is 0 Å². The zero-order chi connectivity index (χ0) is 48.5. The lowest BCUT2D eigenvalue weighted by Crippen LogP contribution is -2.13. The lowest BCUT2D eigenvalue weighted by molar-refractivity contribution is 0.663. The minimum atomic E-state index is 0.325. The molecule has 11 aromatic carbocycles. The van der Waals surface area contributed by atoms with Gasteiger partial charge >= 0.3 is 0 Å². The van der Waals surface area contributed by atoms with Gasteiger partial charge in [-0.2, -0.15) is 0 Å². The van der Waals surface area contributed by atoms with E-state index in [2.05, 4.69) is 268 Å². The van der Waals surface area contributed by atoms with E-state index in [0.29, 0.717) is 11.8 Å². The fourth-order valence-electron chi connectivity index (χ4n) is 11.1. The third-order valence-corrected chi connectivity index (χ3v) is 14.5. The topological polar surface area (TPSA) is 32.8 Å². The number of para-hydroxylation sites is 4. The van der Waals surface area contributed by atoms with Gasteiger partial charge in [-0.3, -0.25) is 0 Å². The van der Waals surface area contributed by atoms with E-state index in [1.165, 1.54) is 44.8 Å². The van der Waals surface area contributed by atoms with Gasteiger partial charge in [-0.05, 0) is 141 Å². The summed E-state index contributed by atoms with van der Waals surface area (Å²) < 4.78 is 13.8. The van der Waals surface area contributed by atoms with Crippen LogP contribution in [0.25, 0.3) is 87.7 Å². The van der Waals surface area contributed by atoms with E-state index in [-0.39, 0.29) is 0 Å². The van der Waals surface area contributed by atoms with Crippen molar-refractivity contribution in [3.05, 3.63) is 242 Å². The quantitative estimate of drug-likeness (QED) is 0.137. The molecule has 4 nitrogen and oxygen atoms in total. The average molecular weight is 929 g/mol. The Balaban J connectivity index is 0.944. The van der Waals surface area contributed by atoms with E-state index in [4.69, 9.17) is 8.83 Å². The zero-order valence-corrected chi connectivity index (χ0v) is 40.8. The molecule has 13 rings (SSSR count). The van der Waals surface area contributed by atoms with Crippen molar-refractivity contribution in [2.24, 2.45) is 0 Å². The second-order valence-electron chi connectivity index (χ2n) is 19.6. The first-order chi connectivity index (χ1) is 35.4. The minimum absolute atomic E-state index is 0.325. The van der Waals surface area contributed by atoms with Crippen LogP contribution in [-0.4, -0.2) is 0 Å². The summed E-state index contributed by atoms with van der Waals surface area (Å²) in [7, 11) is 0. The van der Waals surface area contributed by atoms with E-state index >= 15 is 0 Å². The molecule has 0 aliphatic rings.